The zero-order valence-corrected chi connectivity index (χ0v) is 11.4. The molecule has 19 heavy (non-hydrogen) atoms. The summed E-state index contributed by atoms with van der Waals surface area (Å²) < 4.78 is 5.25. The number of ether oxygens (including phenoxy) is 1. The molecule has 3 heteroatoms. The minimum Gasteiger partial charge on any atom is -0.497 e. The highest BCUT2D eigenvalue weighted by atomic mass is 16.5. The second-order valence-corrected chi connectivity index (χ2v) is 4.53. The first kappa shape index (κ1) is 13.4. The number of fused-ring (bicyclic) bond motifs is 1. The Balaban J connectivity index is 2.29. The van der Waals surface area contributed by atoms with Gasteiger partial charge in [0.1, 0.15) is 5.75 Å². The first-order chi connectivity index (χ1) is 9.24. The molecule has 2 aromatic rings. The van der Waals surface area contributed by atoms with Crippen molar-refractivity contribution in [2.75, 3.05) is 13.7 Å². The van der Waals surface area contributed by atoms with E-state index in [1.807, 2.05) is 43.3 Å². The number of methoxy groups -OCH3 is 1. The highest BCUT2D eigenvalue weighted by Gasteiger charge is 2.07. The van der Waals surface area contributed by atoms with Gasteiger partial charge >= 0.3 is 0 Å². The Morgan fingerprint density at radius 2 is 2.11 bits per heavy atom. The Morgan fingerprint density at radius 1 is 1.26 bits per heavy atom. The van der Waals surface area contributed by atoms with Crippen LogP contribution in [0.1, 0.15) is 18.9 Å². The van der Waals surface area contributed by atoms with Crippen LogP contribution in [0, 0.1) is 0 Å². The SMILES string of the molecule is CCCNC(=O)Cc1cccc2ccc(OC)cc12. The molecule has 0 bridgehead atoms. The smallest absolute Gasteiger partial charge is 0.224 e. The summed E-state index contributed by atoms with van der Waals surface area (Å²) in [6, 6.07) is 12.0. The van der Waals surface area contributed by atoms with Gasteiger partial charge in [0.15, 0.2) is 0 Å². The van der Waals surface area contributed by atoms with Gasteiger partial charge in [0.25, 0.3) is 0 Å². The molecule has 1 amide bonds. The molecule has 0 spiro atoms. The molecule has 0 fully saturated rings. The van der Waals surface area contributed by atoms with Gasteiger partial charge in [-0.3, -0.25) is 4.79 Å². The molecule has 3 nitrogen and oxygen atoms in total. The van der Waals surface area contributed by atoms with Gasteiger partial charge in [-0.05, 0) is 34.9 Å². The molecule has 0 aliphatic heterocycles. The van der Waals surface area contributed by atoms with Crippen molar-refractivity contribution in [3.63, 3.8) is 0 Å². The van der Waals surface area contributed by atoms with Crippen molar-refractivity contribution in [3.8, 4) is 5.75 Å². The summed E-state index contributed by atoms with van der Waals surface area (Å²) in [5.74, 6) is 0.881. The fraction of sp³-hybridized carbons (Fsp3) is 0.312. The molecule has 0 atom stereocenters. The number of amides is 1. The normalized spacial score (nSPS) is 10.4. The lowest BCUT2D eigenvalue weighted by molar-refractivity contribution is -0.120. The molecule has 1 N–H and O–H groups in total. The van der Waals surface area contributed by atoms with E-state index in [-0.39, 0.29) is 5.91 Å². The summed E-state index contributed by atoms with van der Waals surface area (Å²) in [7, 11) is 1.65. The van der Waals surface area contributed by atoms with Crippen LogP contribution < -0.4 is 10.1 Å². The van der Waals surface area contributed by atoms with E-state index in [1.165, 1.54) is 0 Å². The van der Waals surface area contributed by atoms with E-state index in [0.29, 0.717) is 6.42 Å². The number of nitrogens with one attached hydrogen (secondary N) is 1. The van der Waals surface area contributed by atoms with Crippen LogP contribution in [0.4, 0.5) is 0 Å². The van der Waals surface area contributed by atoms with Crippen LogP contribution in [0.15, 0.2) is 36.4 Å². The molecule has 0 saturated heterocycles. The zero-order valence-electron chi connectivity index (χ0n) is 11.4. The fourth-order valence-electron chi connectivity index (χ4n) is 2.10. The van der Waals surface area contributed by atoms with Crippen molar-refractivity contribution in [1.82, 2.24) is 5.32 Å². The predicted molar refractivity (Wildman–Crippen MR) is 77.5 cm³/mol. The van der Waals surface area contributed by atoms with Crippen LogP contribution >= 0.6 is 0 Å². The maximum absolute atomic E-state index is 11.8. The van der Waals surface area contributed by atoms with Crippen molar-refractivity contribution in [1.29, 1.82) is 0 Å². The van der Waals surface area contributed by atoms with Crippen LogP contribution in [0.5, 0.6) is 5.75 Å². The van der Waals surface area contributed by atoms with E-state index in [0.717, 1.165) is 35.1 Å². The molecule has 0 radical (unpaired) electrons. The second-order valence-electron chi connectivity index (χ2n) is 4.53. The molecule has 0 saturated carbocycles. The summed E-state index contributed by atoms with van der Waals surface area (Å²) in [5.41, 5.74) is 1.03. The van der Waals surface area contributed by atoms with Crippen molar-refractivity contribution in [2.45, 2.75) is 19.8 Å². The Bertz CT molecular complexity index is 578. The molecular weight excluding hydrogens is 238 g/mol. The number of hydrogen-bond acceptors (Lipinski definition) is 2. The van der Waals surface area contributed by atoms with Gasteiger partial charge in [0.2, 0.25) is 5.91 Å². The first-order valence-electron chi connectivity index (χ1n) is 6.57. The van der Waals surface area contributed by atoms with Crippen molar-refractivity contribution >= 4 is 16.7 Å². The molecule has 0 aliphatic rings. The highest BCUT2D eigenvalue weighted by Crippen LogP contribution is 2.24. The summed E-state index contributed by atoms with van der Waals surface area (Å²) in [6.07, 6.45) is 1.36. The highest BCUT2D eigenvalue weighted by molar-refractivity contribution is 5.91. The lowest BCUT2D eigenvalue weighted by Crippen LogP contribution is -2.25. The number of carbonyl (C=O) groups excluding carboxylic acids is 1. The van der Waals surface area contributed by atoms with Gasteiger partial charge in [-0.2, -0.15) is 0 Å². The number of hydrogen-bond donors (Lipinski definition) is 1. The third-order valence-corrected chi connectivity index (χ3v) is 3.10. The van der Waals surface area contributed by atoms with E-state index in [1.54, 1.807) is 7.11 Å². The van der Waals surface area contributed by atoms with Gasteiger partial charge in [0.05, 0.1) is 13.5 Å². The summed E-state index contributed by atoms with van der Waals surface area (Å²) in [5, 5.41) is 5.11. The van der Waals surface area contributed by atoms with E-state index in [9.17, 15) is 4.79 Å². The first-order valence-corrected chi connectivity index (χ1v) is 6.57. The lowest BCUT2D eigenvalue weighted by atomic mass is 10.0. The predicted octanol–water partition coefficient (Wildman–Crippen LogP) is 2.92. The zero-order chi connectivity index (χ0) is 13.7. The standard InChI is InChI=1S/C16H19NO2/c1-3-9-17-16(18)10-13-6-4-5-12-7-8-14(19-2)11-15(12)13/h4-8,11H,3,9-10H2,1-2H3,(H,17,18). The van der Waals surface area contributed by atoms with Crippen molar-refractivity contribution < 1.29 is 9.53 Å². The third kappa shape index (κ3) is 3.25. The average Bonchev–Trinajstić information content (AvgIpc) is 2.45. The number of rotatable bonds is 5. The minimum absolute atomic E-state index is 0.0668. The fourth-order valence-corrected chi connectivity index (χ4v) is 2.10. The van der Waals surface area contributed by atoms with E-state index in [2.05, 4.69) is 5.32 Å². The van der Waals surface area contributed by atoms with Crippen molar-refractivity contribution in [3.05, 3.63) is 42.0 Å². The Hall–Kier alpha value is -2.03. The van der Waals surface area contributed by atoms with Crippen LogP contribution in [0.2, 0.25) is 0 Å². The molecule has 0 aromatic heterocycles. The number of benzene rings is 2. The van der Waals surface area contributed by atoms with Gasteiger partial charge in [0, 0.05) is 6.54 Å². The Kier molecular flexibility index (Phi) is 4.39. The lowest BCUT2D eigenvalue weighted by Gasteiger charge is -2.09. The van der Waals surface area contributed by atoms with Crippen LogP contribution in [0.25, 0.3) is 10.8 Å². The van der Waals surface area contributed by atoms with Crippen LogP contribution in [-0.2, 0) is 11.2 Å². The monoisotopic (exact) mass is 257 g/mol. The largest absolute Gasteiger partial charge is 0.497 e. The van der Waals surface area contributed by atoms with E-state index in [4.69, 9.17) is 4.74 Å². The molecule has 0 heterocycles. The molecule has 0 aliphatic carbocycles. The maximum Gasteiger partial charge on any atom is 0.224 e. The van der Waals surface area contributed by atoms with Gasteiger partial charge in [-0.25, -0.2) is 0 Å². The summed E-state index contributed by atoms with van der Waals surface area (Å²) >= 11 is 0. The van der Waals surface area contributed by atoms with Crippen LogP contribution in [0.3, 0.4) is 0 Å². The van der Waals surface area contributed by atoms with Crippen LogP contribution in [-0.4, -0.2) is 19.6 Å². The topological polar surface area (TPSA) is 38.3 Å². The molecular formula is C16H19NO2. The third-order valence-electron chi connectivity index (χ3n) is 3.10. The number of carbonyl (C=O) groups is 1. The molecule has 2 aromatic carbocycles. The van der Waals surface area contributed by atoms with Gasteiger partial charge in [-0.15, -0.1) is 0 Å². The van der Waals surface area contributed by atoms with E-state index < -0.39 is 0 Å². The quantitative estimate of drug-likeness (QED) is 0.894. The Labute approximate surface area is 113 Å². The molecule has 0 unspecified atom stereocenters. The average molecular weight is 257 g/mol. The van der Waals surface area contributed by atoms with Gasteiger partial charge in [-0.1, -0.05) is 31.2 Å². The Morgan fingerprint density at radius 3 is 2.84 bits per heavy atom. The molecule has 100 valence electrons. The van der Waals surface area contributed by atoms with Crippen molar-refractivity contribution in [2.24, 2.45) is 0 Å². The maximum atomic E-state index is 11.8. The summed E-state index contributed by atoms with van der Waals surface area (Å²) in [6.45, 7) is 2.77. The van der Waals surface area contributed by atoms with E-state index >= 15 is 0 Å². The minimum atomic E-state index is 0.0668. The molecule has 2 rings (SSSR count). The second kappa shape index (κ2) is 6.23. The summed E-state index contributed by atoms with van der Waals surface area (Å²) in [4.78, 5) is 11.8. The van der Waals surface area contributed by atoms with Gasteiger partial charge < -0.3 is 10.1 Å².